The van der Waals surface area contributed by atoms with Crippen molar-refractivity contribution in [2.75, 3.05) is 32.8 Å². The fourth-order valence-corrected chi connectivity index (χ4v) is 3.74. The number of amides is 1. The van der Waals surface area contributed by atoms with Crippen molar-refractivity contribution in [3.8, 4) is 0 Å². The van der Waals surface area contributed by atoms with Gasteiger partial charge < -0.3 is 10.5 Å². The van der Waals surface area contributed by atoms with E-state index in [0.29, 0.717) is 28.7 Å². The van der Waals surface area contributed by atoms with Gasteiger partial charge in [-0.2, -0.15) is 0 Å². The summed E-state index contributed by atoms with van der Waals surface area (Å²) in [6.07, 6.45) is 2.41. The number of carbonyl (C=O) groups is 3. The maximum Gasteiger partial charge on any atom is 0.217 e. The number of primary amides is 1. The number of morpholine rings is 1. The van der Waals surface area contributed by atoms with E-state index in [1.54, 1.807) is 20.8 Å². The van der Waals surface area contributed by atoms with Gasteiger partial charge >= 0.3 is 0 Å². The number of ether oxygens (including phenoxy) is 1. The Morgan fingerprint density at radius 2 is 1.65 bits per heavy atom. The van der Waals surface area contributed by atoms with Gasteiger partial charge in [0.15, 0.2) is 11.6 Å². The highest BCUT2D eigenvalue weighted by Crippen LogP contribution is 2.33. The second kappa shape index (κ2) is 9.24. The highest BCUT2D eigenvalue weighted by atomic mass is 16.5. The number of ketones is 2. The van der Waals surface area contributed by atoms with Gasteiger partial charge in [-0.15, -0.1) is 0 Å². The molecular weight excluding hydrogens is 332 g/mol. The van der Waals surface area contributed by atoms with Gasteiger partial charge in [0.25, 0.3) is 0 Å². The topological polar surface area (TPSA) is 89.7 Å². The van der Waals surface area contributed by atoms with Crippen molar-refractivity contribution in [2.24, 2.45) is 11.7 Å². The van der Waals surface area contributed by atoms with Crippen LogP contribution in [-0.4, -0.2) is 55.2 Å². The third-order valence-electron chi connectivity index (χ3n) is 5.51. The minimum Gasteiger partial charge on any atom is -0.379 e. The zero-order valence-corrected chi connectivity index (χ0v) is 16.1. The van der Waals surface area contributed by atoms with Gasteiger partial charge in [0.05, 0.1) is 13.2 Å². The normalized spacial score (nSPS) is 20.7. The first-order valence-corrected chi connectivity index (χ1v) is 9.39. The molecule has 2 rings (SSSR count). The zero-order valence-electron chi connectivity index (χ0n) is 16.1. The summed E-state index contributed by atoms with van der Waals surface area (Å²) in [4.78, 5) is 38.9. The lowest BCUT2D eigenvalue weighted by molar-refractivity contribution is -0.118. The quantitative estimate of drug-likeness (QED) is 0.665. The highest BCUT2D eigenvalue weighted by molar-refractivity contribution is 6.24. The van der Waals surface area contributed by atoms with Crippen molar-refractivity contribution >= 4 is 17.5 Å². The molecule has 0 radical (unpaired) electrons. The van der Waals surface area contributed by atoms with E-state index in [9.17, 15) is 14.4 Å². The molecule has 1 atom stereocenters. The maximum absolute atomic E-state index is 12.8. The molecular formula is C20H30N2O4. The Morgan fingerprint density at radius 3 is 2.27 bits per heavy atom. The smallest absolute Gasteiger partial charge is 0.217 e. The maximum atomic E-state index is 12.8. The third-order valence-corrected chi connectivity index (χ3v) is 5.51. The number of rotatable bonds is 8. The van der Waals surface area contributed by atoms with Crippen molar-refractivity contribution in [1.82, 2.24) is 4.90 Å². The standard InChI is InChI=1S/C20H30N2O4/c1-13-14(2)20(25)18(15(3)19(13)24)16(6-7-17(21)23)5-4-8-22-9-11-26-12-10-22/h16H,4-12H2,1-3H3,(H2,21,23). The monoisotopic (exact) mass is 362 g/mol. The molecule has 2 aliphatic rings. The molecule has 1 heterocycles. The number of Topliss-reactive ketones (excluding diaryl/α,β-unsaturated/α-hetero) is 2. The van der Waals surface area contributed by atoms with Crippen molar-refractivity contribution in [2.45, 2.75) is 46.5 Å². The van der Waals surface area contributed by atoms with Gasteiger partial charge in [-0.1, -0.05) is 0 Å². The van der Waals surface area contributed by atoms with Crippen LogP contribution < -0.4 is 5.73 Å². The molecule has 6 nitrogen and oxygen atoms in total. The molecule has 1 fully saturated rings. The van der Waals surface area contributed by atoms with E-state index in [0.717, 1.165) is 45.7 Å². The summed E-state index contributed by atoms with van der Waals surface area (Å²) < 4.78 is 5.36. The van der Waals surface area contributed by atoms with Gasteiger partial charge in [-0.25, -0.2) is 0 Å². The van der Waals surface area contributed by atoms with Gasteiger partial charge in [0.1, 0.15) is 0 Å². The van der Waals surface area contributed by atoms with E-state index in [-0.39, 0.29) is 29.8 Å². The minimum atomic E-state index is -0.375. The second-order valence-corrected chi connectivity index (χ2v) is 7.25. The summed E-state index contributed by atoms with van der Waals surface area (Å²) in [5.74, 6) is -0.600. The van der Waals surface area contributed by atoms with E-state index in [4.69, 9.17) is 10.5 Å². The molecule has 0 aromatic rings. The van der Waals surface area contributed by atoms with E-state index in [1.165, 1.54) is 0 Å². The molecule has 1 aliphatic heterocycles. The van der Waals surface area contributed by atoms with Crippen LogP contribution in [0.25, 0.3) is 0 Å². The molecule has 0 spiro atoms. The van der Waals surface area contributed by atoms with Gasteiger partial charge in [0.2, 0.25) is 5.91 Å². The van der Waals surface area contributed by atoms with E-state index in [2.05, 4.69) is 4.90 Å². The molecule has 1 unspecified atom stereocenters. The molecule has 0 saturated carbocycles. The molecule has 0 aromatic heterocycles. The van der Waals surface area contributed by atoms with Crippen LogP contribution in [0.4, 0.5) is 0 Å². The Labute approximate surface area is 155 Å². The van der Waals surface area contributed by atoms with Crippen LogP contribution in [0, 0.1) is 5.92 Å². The molecule has 0 bridgehead atoms. The van der Waals surface area contributed by atoms with Gasteiger partial charge in [0, 0.05) is 41.8 Å². The lowest BCUT2D eigenvalue weighted by Crippen LogP contribution is -2.37. The Morgan fingerprint density at radius 1 is 1.04 bits per heavy atom. The highest BCUT2D eigenvalue weighted by Gasteiger charge is 2.32. The first kappa shape index (κ1) is 20.5. The summed E-state index contributed by atoms with van der Waals surface area (Å²) in [6.45, 7) is 9.42. The molecule has 2 N–H and O–H groups in total. The van der Waals surface area contributed by atoms with E-state index >= 15 is 0 Å². The molecule has 144 valence electrons. The van der Waals surface area contributed by atoms with Crippen molar-refractivity contribution in [3.63, 3.8) is 0 Å². The van der Waals surface area contributed by atoms with Crippen molar-refractivity contribution in [3.05, 3.63) is 22.3 Å². The average Bonchev–Trinajstić information content (AvgIpc) is 2.63. The summed E-state index contributed by atoms with van der Waals surface area (Å²) in [7, 11) is 0. The van der Waals surface area contributed by atoms with Crippen LogP contribution in [0.2, 0.25) is 0 Å². The van der Waals surface area contributed by atoms with Crippen LogP contribution in [0.3, 0.4) is 0 Å². The predicted octanol–water partition coefficient (Wildman–Crippen LogP) is 1.79. The number of carbonyl (C=O) groups excluding carboxylic acids is 3. The first-order valence-electron chi connectivity index (χ1n) is 9.39. The summed E-state index contributed by atoms with van der Waals surface area (Å²) in [5, 5.41) is 0. The number of nitrogens with two attached hydrogens (primary N) is 1. The fraction of sp³-hybridized carbons (Fsp3) is 0.650. The van der Waals surface area contributed by atoms with E-state index in [1.807, 2.05) is 0 Å². The SMILES string of the molecule is CC1=C(C)C(=O)C(C(CCCN2CCOCC2)CCC(N)=O)=C(C)C1=O. The van der Waals surface area contributed by atoms with Crippen LogP contribution in [0.15, 0.2) is 22.3 Å². The van der Waals surface area contributed by atoms with Crippen LogP contribution in [-0.2, 0) is 19.1 Å². The van der Waals surface area contributed by atoms with Gasteiger partial charge in [-0.05, 0) is 52.5 Å². The average molecular weight is 362 g/mol. The Hall–Kier alpha value is -1.79. The Balaban J connectivity index is 2.11. The Kier molecular flexibility index (Phi) is 7.29. The largest absolute Gasteiger partial charge is 0.379 e. The lowest BCUT2D eigenvalue weighted by Gasteiger charge is -2.29. The zero-order chi connectivity index (χ0) is 19.3. The van der Waals surface area contributed by atoms with Gasteiger partial charge in [-0.3, -0.25) is 19.3 Å². The number of nitrogens with zero attached hydrogens (tertiary/aromatic N) is 1. The fourth-order valence-electron chi connectivity index (χ4n) is 3.74. The lowest BCUT2D eigenvalue weighted by atomic mass is 9.77. The summed E-state index contributed by atoms with van der Waals surface area (Å²) in [6, 6.07) is 0. The van der Waals surface area contributed by atoms with Crippen molar-refractivity contribution in [1.29, 1.82) is 0 Å². The van der Waals surface area contributed by atoms with Crippen molar-refractivity contribution < 1.29 is 19.1 Å². The second-order valence-electron chi connectivity index (χ2n) is 7.25. The minimum absolute atomic E-state index is 0.0551. The summed E-state index contributed by atoms with van der Waals surface area (Å²) in [5.41, 5.74) is 7.48. The predicted molar refractivity (Wildman–Crippen MR) is 99.5 cm³/mol. The molecule has 1 aliphatic carbocycles. The number of hydrogen-bond donors (Lipinski definition) is 1. The molecule has 1 saturated heterocycles. The van der Waals surface area contributed by atoms with Crippen LogP contribution in [0.1, 0.15) is 46.5 Å². The number of hydrogen-bond acceptors (Lipinski definition) is 5. The molecule has 6 heteroatoms. The Bertz CT molecular complexity index is 642. The van der Waals surface area contributed by atoms with E-state index < -0.39 is 0 Å². The molecule has 0 aromatic carbocycles. The molecule has 26 heavy (non-hydrogen) atoms. The summed E-state index contributed by atoms with van der Waals surface area (Å²) >= 11 is 0. The van der Waals surface area contributed by atoms with Crippen LogP contribution >= 0.6 is 0 Å². The molecule has 1 amide bonds. The van der Waals surface area contributed by atoms with Crippen LogP contribution in [0.5, 0.6) is 0 Å². The number of allylic oxidation sites excluding steroid dienone is 4. The third kappa shape index (κ3) is 4.89. The first-order chi connectivity index (χ1) is 12.3.